The summed E-state index contributed by atoms with van der Waals surface area (Å²) in [6.07, 6.45) is 3.22. The molecule has 1 aromatic carbocycles. The third kappa shape index (κ3) is 3.43. The predicted molar refractivity (Wildman–Crippen MR) is 69.9 cm³/mol. The number of nitrogens with zero attached hydrogens (tertiary/aromatic N) is 1. The number of hydrogen-bond acceptors (Lipinski definition) is 3. The maximum atomic E-state index is 5.75. The molecule has 0 radical (unpaired) electrons. The number of rotatable bonds is 3. The highest BCUT2D eigenvalue weighted by Crippen LogP contribution is 2.22. The summed E-state index contributed by atoms with van der Waals surface area (Å²) < 4.78 is 5.29. The zero-order valence-corrected chi connectivity index (χ0v) is 10.7. The Morgan fingerprint density at radius 2 is 2.12 bits per heavy atom. The van der Waals surface area contributed by atoms with Crippen LogP contribution < -0.4 is 5.73 Å². The van der Waals surface area contributed by atoms with E-state index >= 15 is 0 Å². The van der Waals surface area contributed by atoms with Crippen LogP contribution >= 0.6 is 0 Å². The Labute approximate surface area is 103 Å². The maximum Gasteiger partial charge on any atom is 0.202 e. The largest absolute Gasteiger partial charge is 0.448 e. The van der Waals surface area contributed by atoms with Gasteiger partial charge in [0.2, 0.25) is 5.89 Å². The predicted octanol–water partition coefficient (Wildman–Crippen LogP) is 3.10. The number of oxazole rings is 1. The topological polar surface area (TPSA) is 52.0 Å². The molecule has 92 valence electrons. The molecule has 0 saturated heterocycles. The van der Waals surface area contributed by atoms with Crippen molar-refractivity contribution in [2.45, 2.75) is 26.7 Å². The third-order valence-electron chi connectivity index (χ3n) is 2.43. The summed E-state index contributed by atoms with van der Waals surface area (Å²) in [5.41, 5.74) is 8.12. The van der Waals surface area contributed by atoms with Gasteiger partial charge in [-0.05, 0) is 12.5 Å². The lowest BCUT2D eigenvalue weighted by Crippen LogP contribution is -2.14. The van der Waals surface area contributed by atoms with Crippen molar-refractivity contribution >= 4 is 0 Å². The molecule has 0 fully saturated rings. The highest BCUT2D eigenvalue weighted by molar-refractivity contribution is 5.29. The van der Waals surface area contributed by atoms with Crippen LogP contribution in [0.1, 0.15) is 36.8 Å². The van der Waals surface area contributed by atoms with Crippen LogP contribution in [0.2, 0.25) is 0 Å². The molecule has 0 aliphatic carbocycles. The summed E-state index contributed by atoms with van der Waals surface area (Å²) in [6.45, 7) is 6.57. The van der Waals surface area contributed by atoms with Crippen LogP contribution in [0, 0.1) is 6.92 Å². The Morgan fingerprint density at radius 1 is 1.35 bits per heavy atom. The number of benzene rings is 1. The minimum absolute atomic E-state index is 0.0555. The van der Waals surface area contributed by atoms with Gasteiger partial charge < -0.3 is 10.2 Å². The van der Waals surface area contributed by atoms with Crippen molar-refractivity contribution in [3.05, 3.63) is 53.7 Å². The van der Waals surface area contributed by atoms with Crippen molar-refractivity contribution < 1.29 is 4.42 Å². The van der Waals surface area contributed by atoms with Crippen molar-refractivity contribution in [3.8, 4) is 0 Å². The molecule has 1 unspecified atom stereocenters. The second kappa shape index (κ2) is 6.86. The molecule has 0 aliphatic rings. The van der Waals surface area contributed by atoms with Gasteiger partial charge in [-0.2, -0.15) is 0 Å². The van der Waals surface area contributed by atoms with Gasteiger partial charge in [-0.1, -0.05) is 43.7 Å². The first-order valence-corrected chi connectivity index (χ1v) is 5.97. The van der Waals surface area contributed by atoms with Crippen LogP contribution in [0.5, 0.6) is 0 Å². The fraction of sp³-hybridized carbons (Fsp3) is 0.357. The molecular weight excluding hydrogens is 212 g/mol. The number of aryl methyl sites for hydroxylation is 1. The van der Waals surface area contributed by atoms with Gasteiger partial charge in [0.15, 0.2) is 0 Å². The molecule has 1 aromatic heterocycles. The van der Waals surface area contributed by atoms with E-state index in [0.717, 1.165) is 5.56 Å². The molecule has 3 heteroatoms. The van der Waals surface area contributed by atoms with Crippen molar-refractivity contribution in [1.29, 1.82) is 0 Å². The highest BCUT2D eigenvalue weighted by atomic mass is 16.3. The average molecular weight is 232 g/mol. The zero-order valence-electron chi connectivity index (χ0n) is 10.7. The molecule has 0 bridgehead atoms. The van der Waals surface area contributed by atoms with Gasteiger partial charge >= 0.3 is 0 Å². The molecule has 2 aromatic rings. The smallest absolute Gasteiger partial charge is 0.202 e. The van der Waals surface area contributed by atoms with E-state index in [9.17, 15) is 0 Å². The van der Waals surface area contributed by atoms with E-state index in [-0.39, 0.29) is 5.92 Å². The molecular formula is C14H20N2O. The Kier molecular flexibility index (Phi) is 5.43. The molecule has 1 heterocycles. The monoisotopic (exact) mass is 232 g/mol. The van der Waals surface area contributed by atoms with E-state index in [4.69, 9.17) is 10.2 Å². The van der Waals surface area contributed by atoms with Crippen molar-refractivity contribution in [2.24, 2.45) is 5.73 Å². The van der Waals surface area contributed by atoms with Crippen LogP contribution in [0.15, 0.2) is 41.1 Å². The van der Waals surface area contributed by atoms with E-state index in [1.54, 1.807) is 12.5 Å². The average Bonchev–Trinajstić information content (AvgIpc) is 2.87. The van der Waals surface area contributed by atoms with E-state index < -0.39 is 0 Å². The van der Waals surface area contributed by atoms with Gasteiger partial charge in [-0.25, -0.2) is 4.98 Å². The molecule has 0 aliphatic heterocycles. The minimum atomic E-state index is 0.0555. The molecule has 2 N–H and O–H groups in total. The first-order chi connectivity index (χ1) is 8.31. The molecule has 1 atom stereocenters. The maximum absolute atomic E-state index is 5.75. The Morgan fingerprint density at radius 3 is 2.65 bits per heavy atom. The Balaban J connectivity index is 0.000000686. The standard InChI is InChI=1S/C12H14N2O.C2H6/c1-9-3-2-4-10(7-9)11(8-13)12-14-5-6-15-12;1-2/h2-7,11H,8,13H2,1H3;1-2H3. The van der Waals surface area contributed by atoms with Gasteiger partial charge in [0.25, 0.3) is 0 Å². The second-order valence-electron chi connectivity index (χ2n) is 3.57. The minimum Gasteiger partial charge on any atom is -0.448 e. The van der Waals surface area contributed by atoms with Crippen LogP contribution in [-0.2, 0) is 0 Å². The zero-order chi connectivity index (χ0) is 12.7. The summed E-state index contributed by atoms with van der Waals surface area (Å²) in [7, 11) is 0. The number of aromatic nitrogens is 1. The van der Waals surface area contributed by atoms with E-state index in [2.05, 4.69) is 30.1 Å². The van der Waals surface area contributed by atoms with Crippen molar-refractivity contribution in [2.75, 3.05) is 6.54 Å². The third-order valence-corrected chi connectivity index (χ3v) is 2.43. The van der Waals surface area contributed by atoms with Gasteiger partial charge in [0, 0.05) is 6.54 Å². The quantitative estimate of drug-likeness (QED) is 0.884. The molecule has 0 saturated carbocycles. The van der Waals surface area contributed by atoms with Gasteiger partial charge in [0.1, 0.15) is 6.26 Å². The second-order valence-corrected chi connectivity index (χ2v) is 3.57. The van der Waals surface area contributed by atoms with Gasteiger partial charge in [0.05, 0.1) is 12.1 Å². The summed E-state index contributed by atoms with van der Waals surface area (Å²) in [6, 6.07) is 8.25. The normalized spacial score (nSPS) is 11.5. The van der Waals surface area contributed by atoms with E-state index in [1.165, 1.54) is 5.56 Å². The lowest BCUT2D eigenvalue weighted by atomic mass is 9.97. The number of hydrogen-bond donors (Lipinski definition) is 1. The summed E-state index contributed by atoms with van der Waals surface area (Å²) in [5, 5.41) is 0. The first kappa shape index (κ1) is 13.5. The van der Waals surface area contributed by atoms with Crippen LogP contribution in [0.3, 0.4) is 0 Å². The molecule has 0 spiro atoms. The van der Waals surface area contributed by atoms with Crippen LogP contribution in [0.25, 0.3) is 0 Å². The van der Waals surface area contributed by atoms with Crippen molar-refractivity contribution in [1.82, 2.24) is 4.98 Å². The van der Waals surface area contributed by atoms with Crippen LogP contribution in [-0.4, -0.2) is 11.5 Å². The Bertz CT molecular complexity index is 424. The SMILES string of the molecule is CC.Cc1cccc(C(CN)c2ncco2)c1. The first-order valence-electron chi connectivity index (χ1n) is 5.97. The van der Waals surface area contributed by atoms with E-state index in [0.29, 0.717) is 12.4 Å². The fourth-order valence-corrected chi connectivity index (χ4v) is 1.67. The summed E-state index contributed by atoms with van der Waals surface area (Å²) in [5.74, 6) is 0.739. The van der Waals surface area contributed by atoms with Crippen molar-refractivity contribution in [3.63, 3.8) is 0 Å². The highest BCUT2D eigenvalue weighted by Gasteiger charge is 2.16. The lowest BCUT2D eigenvalue weighted by Gasteiger charge is -2.11. The van der Waals surface area contributed by atoms with Crippen LogP contribution in [0.4, 0.5) is 0 Å². The molecule has 3 nitrogen and oxygen atoms in total. The summed E-state index contributed by atoms with van der Waals surface area (Å²) >= 11 is 0. The van der Waals surface area contributed by atoms with E-state index in [1.807, 2.05) is 19.9 Å². The summed E-state index contributed by atoms with van der Waals surface area (Å²) in [4.78, 5) is 4.15. The number of nitrogens with two attached hydrogens (primary N) is 1. The fourth-order valence-electron chi connectivity index (χ4n) is 1.67. The Hall–Kier alpha value is -1.61. The molecule has 2 rings (SSSR count). The van der Waals surface area contributed by atoms with Gasteiger partial charge in [-0.3, -0.25) is 0 Å². The molecule has 0 amide bonds. The lowest BCUT2D eigenvalue weighted by molar-refractivity contribution is 0.472. The molecule has 17 heavy (non-hydrogen) atoms. The van der Waals surface area contributed by atoms with Gasteiger partial charge in [-0.15, -0.1) is 0 Å².